The van der Waals surface area contributed by atoms with Crippen molar-refractivity contribution in [2.24, 2.45) is 5.73 Å². The molecule has 0 fully saturated rings. The molecule has 0 aliphatic rings. The van der Waals surface area contributed by atoms with Crippen LogP contribution in [-0.2, 0) is 6.42 Å². The Morgan fingerprint density at radius 1 is 1.12 bits per heavy atom. The molecule has 0 aliphatic heterocycles. The van der Waals surface area contributed by atoms with Crippen LogP contribution in [0.4, 0.5) is 0 Å². The first-order valence-electron chi connectivity index (χ1n) is 7.94. The molecule has 7 nitrogen and oxygen atoms in total. The van der Waals surface area contributed by atoms with Gasteiger partial charge in [0.25, 0.3) is 0 Å². The van der Waals surface area contributed by atoms with E-state index in [2.05, 4.69) is 15.1 Å². The summed E-state index contributed by atoms with van der Waals surface area (Å²) in [5.41, 5.74) is 7.34. The van der Waals surface area contributed by atoms with Crippen LogP contribution < -0.4 is 15.2 Å². The second kappa shape index (κ2) is 7.31. The van der Waals surface area contributed by atoms with Crippen LogP contribution in [0.1, 0.15) is 23.3 Å². The second-order valence-electron chi connectivity index (χ2n) is 5.60. The molecule has 0 aliphatic carbocycles. The zero-order valence-corrected chi connectivity index (χ0v) is 14.5. The van der Waals surface area contributed by atoms with E-state index < -0.39 is 0 Å². The van der Waals surface area contributed by atoms with Gasteiger partial charge in [-0.3, -0.25) is 0 Å². The molecule has 0 spiro atoms. The average molecular weight is 339 g/mol. The highest BCUT2D eigenvalue weighted by Crippen LogP contribution is 2.30. The van der Waals surface area contributed by atoms with Crippen LogP contribution in [0.2, 0.25) is 0 Å². The van der Waals surface area contributed by atoms with E-state index in [0.29, 0.717) is 23.7 Å². The van der Waals surface area contributed by atoms with Crippen LogP contribution in [0.3, 0.4) is 0 Å². The van der Waals surface area contributed by atoms with Crippen LogP contribution >= 0.6 is 0 Å². The van der Waals surface area contributed by atoms with Crippen LogP contribution in [0.5, 0.6) is 11.5 Å². The number of methoxy groups -OCH3 is 2. The molecule has 25 heavy (non-hydrogen) atoms. The van der Waals surface area contributed by atoms with Crippen molar-refractivity contribution >= 4 is 0 Å². The number of benzene rings is 1. The minimum Gasteiger partial charge on any atom is -0.493 e. The van der Waals surface area contributed by atoms with E-state index in [-0.39, 0.29) is 6.04 Å². The first-order chi connectivity index (χ1) is 12.1. The van der Waals surface area contributed by atoms with Gasteiger partial charge in [-0.05, 0) is 36.8 Å². The van der Waals surface area contributed by atoms with Gasteiger partial charge in [-0.25, -0.2) is 9.97 Å². The number of pyridine rings is 1. The zero-order chi connectivity index (χ0) is 17.8. The Morgan fingerprint density at radius 2 is 1.92 bits per heavy atom. The fourth-order valence-electron chi connectivity index (χ4n) is 2.65. The van der Waals surface area contributed by atoms with E-state index in [1.54, 1.807) is 25.1 Å². The van der Waals surface area contributed by atoms with Crippen molar-refractivity contribution in [3.63, 3.8) is 0 Å². The highest BCUT2D eigenvalue weighted by Gasteiger charge is 2.17. The van der Waals surface area contributed by atoms with Gasteiger partial charge in [-0.1, -0.05) is 12.1 Å². The molecule has 3 aromatic rings. The lowest BCUT2D eigenvalue weighted by Gasteiger charge is -2.15. The molecule has 2 N–H and O–H groups in total. The third-order valence-electron chi connectivity index (χ3n) is 3.88. The SMILES string of the molecule is COc1ccc(C(N)Cc2nc(C)nn2-c2ccccn2)cc1OC. The van der Waals surface area contributed by atoms with Gasteiger partial charge in [0.15, 0.2) is 17.3 Å². The lowest BCUT2D eigenvalue weighted by molar-refractivity contribution is 0.354. The van der Waals surface area contributed by atoms with Crippen molar-refractivity contribution in [1.29, 1.82) is 0 Å². The molecular formula is C18H21N5O2. The molecule has 2 heterocycles. The van der Waals surface area contributed by atoms with E-state index in [9.17, 15) is 0 Å². The number of nitrogens with two attached hydrogens (primary N) is 1. The molecule has 1 unspecified atom stereocenters. The van der Waals surface area contributed by atoms with Crippen molar-refractivity contribution in [1.82, 2.24) is 19.7 Å². The van der Waals surface area contributed by atoms with E-state index >= 15 is 0 Å². The van der Waals surface area contributed by atoms with Crippen molar-refractivity contribution in [3.8, 4) is 17.3 Å². The molecule has 1 atom stereocenters. The van der Waals surface area contributed by atoms with E-state index in [0.717, 1.165) is 17.2 Å². The van der Waals surface area contributed by atoms with Crippen molar-refractivity contribution in [2.45, 2.75) is 19.4 Å². The zero-order valence-electron chi connectivity index (χ0n) is 14.5. The summed E-state index contributed by atoms with van der Waals surface area (Å²) in [7, 11) is 3.21. The fraction of sp³-hybridized carbons (Fsp3) is 0.278. The highest BCUT2D eigenvalue weighted by molar-refractivity contribution is 5.44. The lowest BCUT2D eigenvalue weighted by Crippen LogP contribution is -2.17. The summed E-state index contributed by atoms with van der Waals surface area (Å²) in [6.45, 7) is 1.85. The van der Waals surface area contributed by atoms with Gasteiger partial charge in [-0.2, -0.15) is 4.68 Å². The molecule has 3 rings (SSSR count). The summed E-state index contributed by atoms with van der Waals surface area (Å²) >= 11 is 0. The average Bonchev–Trinajstić information content (AvgIpc) is 3.01. The van der Waals surface area contributed by atoms with Crippen LogP contribution in [0.25, 0.3) is 5.82 Å². The molecule has 1 aromatic carbocycles. The summed E-state index contributed by atoms with van der Waals surface area (Å²) in [6.07, 6.45) is 2.25. The molecule has 0 saturated carbocycles. The summed E-state index contributed by atoms with van der Waals surface area (Å²) in [4.78, 5) is 8.84. The van der Waals surface area contributed by atoms with E-state index in [1.165, 1.54) is 0 Å². The number of hydrogen-bond donors (Lipinski definition) is 1. The van der Waals surface area contributed by atoms with Crippen molar-refractivity contribution in [2.75, 3.05) is 14.2 Å². The van der Waals surface area contributed by atoms with Gasteiger partial charge < -0.3 is 15.2 Å². The molecule has 2 aromatic heterocycles. The number of hydrogen-bond acceptors (Lipinski definition) is 6. The number of aryl methyl sites for hydroxylation is 1. The first-order valence-corrected chi connectivity index (χ1v) is 7.94. The largest absolute Gasteiger partial charge is 0.493 e. The van der Waals surface area contributed by atoms with Crippen molar-refractivity contribution in [3.05, 3.63) is 59.8 Å². The normalized spacial score (nSPS) is 12.0. The molecule has 0 radical (unpaired) electrons. The second-order valence-corrected chi connectivity index (χ2v) is 5.60. The standard InChI is InChI=1S/C18H21N5O2/c1-12-21-18(23(22-12)17-6-4-5-9-20-17)11-14(19)13-7-8-15(24-2)16(10-13)25-3/h4-10,14H,11,19H2,1-3H3. The van der Waals surface area contributed by atoms with Crippen LogP contribution in [0.15, 0.2) is 42.6 Å². The Labute approximate surface area is 146 Å². The minimum atomic E-state index is -0.258. The van der Waals surface area contributed by atoms with Gasteiger partial charge in [-0.15, -0.1) is 5.10 Å². The van der Waals surface area contributed by atoms with Gasteiger partial charge in [0.05, 0.1) is 14.2 Å². The topological polar surface area (TPSA) is 88.1 Å². The predicted molar refractivity (Wildman–Crippen MR) is 94.1 cm³/mol. The Balaban J connectivity index is 1.88. The summed E-state index contributed by atoms with van der Waals surface area (Å²) in [5, 5.41) is 4.43. The predicted octanol–water partition coefficient (Wildman–Crippen LogP) is 2.23. The molecule has 0 amide bonds. The molecule has 0 bridgehead atoms. The smallest absolute Gasteiger partial charge is 0.161 e. The fourth-order valence-corrected chi connectivity index (χ4v) is 2.65. The molecule has 0 saturated heterocycles. The quantitative estimate of drug-likeness (QED) is 0.741. The summed E-state index contributed by atoms with van der Waals surface area (Å²) in [5.74, 6) is 3.49. The maximum atomic E-state index is 6.40. The van der Waals surface area contributed by atoms with Gasteiger partial charge >= 0.3 is 0 Å². The Hall–Kier alpha value is -2.93. The Morgan fingerprint density at radius 3 is 2.60 bits per heavy atom. The maximum Gasteiger partial charge on any atom is 0.161 e. The van der Waals surface area contributed by atoms with Gasteiger partial charge in [0.2, 0.25) is 0 Å². The first kappa shape index (κ1) is 16.9. The number of rotatable bonds is 6. The van der Waals surface area contributed by atoms with E-state index in [4.69, 9.17) is 15.2 Å². The third-order valence-corrected chi connectivity index (χ3v) is 3.88. The molecule has 7 heteroatoms. The Bertz CT molecular complexity index is 848. The lowest BCUT2D eigenvalue weighted by atomic mass is 10.0. The van der Waals surface area contributed by atoms with Crippen LogP contribution in [-0.4, -0.2) is 34.0 Å². The van der Waals surface area contributed by atoms with E-state index in [1.807, 2.05) is 43.3 Å². The molecule has 130 valence electrons. The summed E-state index contributed by atoms with van der Waals surface area (Å²) < 4.78 is 12.4. The van der Waals surface area contributed by atoms with Crippen LogP contribution in [0, 0.1) is 6.92 Å². The maximum absolute atomic E-state index is 6.40. The van der Waals surface area contributed by atoms with Crippen molar-refractivity contribution < 1.29 is 9.47 Å². The number of nitrogens with zero attached hydrogens (tertiary/aromatic N) is 4. The van der Waals surface area contributed by atoms with Gasteiger partial charge in [0, 0.05) is 18.7 Å². The number of ether oxygens (including phenoxy) is 2. The summed E-state index contributed by atoms with van der Waals surface area (Å²) in [6, 6.07) is 11.1. The third kappa shape index (κ3) is 3.61. The van der Waals surface area contributed by atoms with Gasteiger partial charge in [0.1, 0.15) is 11.6 Å². The minimum absolute atomic E-state index is 0.258. The number of aromatic nitrogens is 4. The monoisotopic (exact) mass is 339 g/mol. The highest BCUT2D eigenvalue weighted by atomic mass is 16.5. The molecular weight excluding hydrogens is 318 g/mol. The Kier molecular flexibility index (Phi) is 4.95.